The van der Waals surface area contributed by atoms with Gasteiger partial charge in [-0.3, -0.25) is 9.69 Å². The third-order valence-electron chi connectivity index (χ3n) is 5.62. The molecule has 0 aromatic heterocycles. The lowest BCUT2D eigenvalue weighted by atomic mass is 9.92. The zero-order chi connectivity index (χ0) is 22.0. The number of nitrogens with one attached hydrogen (secondary N) is 2. The number of nitrogens with zero attached hydrogens (tertiary/aromatic N) is 1. The molecular formula is C25H25N3O3. The van der Waals surface area contributed by atoms with Crippen LogP contribution in [0.25, 0.3) is 10.8 Å². The van der Waals surface area contributed by atoms with E-state index < -0.39 is 6.04 Å². The number of ether oxygens (including phenoxy) is 1. The molecule has 0 aliphatic carbocycles. The average Bonchev–Trinajstić information content (AvgIpc) is 2.79. The molecule has 0 fully saturated rings. The summed E-state index contributed by atoms with van der Waals surface area (Å²) in [6, 6.07) is 20.5. The number of hydrogen-bond acceptors (Lipinski definition) is 3. The smallest absolute Gasteiger partial charge is 0.322 e. The van der Waals surface area contributed by atoms with Gasteiger partial charge in [0.25, 0.3) is 5.91 Å². The van der Waals surface area contributed by atoms with Gasteiger partial charge in [0.05, 0.1) is 24.4 Å². The van der Waals surface area contributed by atoms with Crippen LogP contribution in [0.5, 0.6) is 5.75 Å². The molecule has 1 aliphatic rings. The topological polar surface area (TPSA) is 70.7 Å². The van der Waals surface area contributed by atoms with Gasteiger partial charge in [-0.2, -0.15) is 0 Å². The van der Waals surface area contributed by atoms with Crippen LogP contribution in [0.3, 0.4) is 0 Å². The van der Waals surface area contributed by atoms with E-state index in [-0.39, 0.29) is 11.9 Å². The second kappa shape index (κ2) is 8.52. The molecule has 0 unspecified atom stereocenters. The van der Waals surface area contributed by atoms with Gasteiger partial charge < -0.3 is 15.4 Å². The first-order valence-electron chi connectivity index (χ1n) is 10.2. The number of anilines is 1. The minimum Gasteiger partial charge on any atom is -0.495 e. The predicted molar refractivity (Wildman–Crippen MR) is 122 cm³/mol. The van der Waals surface area contributed by atoms with Crippen molar-refractivity contribution in [2.75, 3.05) is 19.0 Å². The molecule has 158 valence electrons. The van der Waals surface area contributed by atoms with Crippen molar-refractivity contribution >= 4 is 28.4 Å². The number of fused-ring (bicyclic) bond motifs is 1. The fourth-order valence-electron chi connectivity index (χ4n) is 4.03. The lowest BCUT2D eigenvalue weighted by Gasteiger charge is -2.35. The first-order valence-corrected chi connectivity index (χ1v) is 10.2. The van der Waals surface area contributed by atoms with Crippen LogP contribution in [-0.4, -0.2) is 30.5 Å². The van der Waals surface area contributed by atoms with Crippen molar-refractivity contribution in [2.24, 2.45) is 0 Å². The number of carbonyl (C=O) groups is 2. The van der Waals surface area contributed by atoms with E-state index in [0.717, 1.165) is 16.3 Å². The summed E-state index contributed by atoms with van der Waals surface area (Å²) in [6.07, 6.45) is 0. The van der Waals surface area contributed by atoms with E-state index in [4.69, 9.17) is 4.74 Å². The highest BCUT2D eigenvalue weighted by Crippen LogP contribution is 2.33. The molecule has 0 radical (unpaired) electrons. The summed E-state index contributed by atoms with van der Waals surface area (Å²) < 4.78 is 5.37. The fourth-order valence-corrected chi connectivity index (χ4v) is 4.03. The van der Waals surface area contributed by atoms with Gasteiger partial charge in [0.2, 0.25) is 0 Å². The standard InChI is InChI=1S/C25H25N3O3/c1-4-28-16(2)22(24(29)26-20-11-7-8-12-21(20)31-3)23(27-25(28)30)19-14-13-17-9-5-6-10-18(17)15-19/h5-15,23H,4H2,1-3H3,(H,26,29)(H,27,30)/t23-/m0/s1. The number of benzene rings is 3. The van der Waals surface area contributed by atoms with Crippen molar-refractivity contribution in [1.82, 2.24) is 10.2 Å². The molecule has 1 aliphatic heterocycles. The van der Waals surface area contributed by atoms with Gasteiger partial charge in [0.1, 0.15) is 5.75 Å². The Bertz CT molecular complexity index is 1190. The van der Waals surface area contributed by atoms with Crippen molar-refractivity contribution in [3.63, 3.8) is 0 Å². The Morgan fingerprint density at radius 2 is 1.77 bits per heavy atom. The number of para-hydroxylation sites is 2. The molecule has 31 heavy (non-hydrogen) atoms. The third kappa shape index (κ3) is 3.84. The molecule has 6 heteroatoms. The summed E-state index contributed by atoms with van der Waals surface area (Å²) in [4.78, 5) is 27.8. The van der Waals surface area contributed by atoms with Crippen LogP contribution < -0.4 is 15.4 Å². The maximum absolute atomic E-state index is 13.5. The number of rotatable bonds is 5. The Morgan fingerprint density at radius 1 is 1.06 bits per heavy atom. The Morgan fingerprint density at radius 3 is 2.52 bits per heavy atom. The van der Waals surface area contributed by atoms with E-state index in [2.05, 4.69) is 10.6 Å². The lowest BCUT2D eigenvalue weighted by Crippen LogP contribution is -2.48. The summed E-state index contributed by atoms with van der Waals surface area (Å²) in [6.45, 7) is 4.16. The van der Waals surface area contributed by atoms with Crippen LogP contribution in [0.1, 0.15) is 25.5 Å². The summed E-state index contributed by atoms with van der Waals surface area (Å²) in [5.41, 5.74) is 2.57. The lowest BCUT2D eigenvalue weighted by molar-refractivity contribution is -0.113. The molecular weight excluding hydrogens is 390 g/mol. The van der Waals surface area contributed by atoms with Gasteiger partial charge in [-0.1, -0.05) is 48.5 Å². The molecule has 0 bridgehead atoms. The first kappa shape index (κ1) is 20.5. The van der Waals surface area contributed by atoms with Crippen LogP contribution in [0.4, 0.5) is 10.5 Å². The number of methoxy groups -OCH3 is 1. The molecule has 2 N–H and O–H groups in total. The van der Waals surface area contributed by atoms with Crippen LogP contribution in [0.2, 0.25) is 0 Å². The van der Waals surface area contributed by atoms with Crippen molar-refractivity contribution in [3.8, 4) is 5.75 Å². The zero-order valence-corrected chi connectivity index (χ0v) is 17.8. The highest BCUT2D eigenvalue weighted by atomic mass is 16.5. The Hall–Kier alpha value is -3.80. The molecule has 3 aromatic carbocycles. The molecule has 3 aromatic rings. The van der Waals surface area contributed by atoms with Gasteiger partial charge in [-0.15, -0.1) is 0 Å². The maximum Gasteiger partial charge on any atom is 0.322 e. The van der Waals surface area contributed by atoms with Crippen molar-refractivity contribution in [1.29, 1.82) is 0 Å². The number of carbonyl (C=O) groups excluding carboxylic acids is 2. The molecule has 3 amide bonds. The van der Waals surface area contributed by atoms with Gasteiger partial charge in [0, 0.05) is 12.2 Å². The van der Waals surface area contributed by atoms with Crippen molar-refractivity contribution in [3.05, 3.63) is 83.6 Å². The number of allylic oxidation sites excluding steroid dienone is 1. The van der Waals surface area contributed by atoms with E-state index in [9.17, 15) is 9.59 Å². The molecule has 1 atom stereocenters. The van der Waals surface area contributed by atoms with Crippen molar-refractivity contribution in [2.45, 2.75) is 19.9 Å². The number of amides is 3. The quantitative estimate of drug-likeness (QED) is 0.626. The second-order valence-electron chi connectivity index (χ2n) is 7.39. The second-order valence-corrected chi connectivity index (χ2v) is 7.39. The zero-order valence-electron chi connectivity index (χ0n) is 17.8. The van der Waals surface area contributed by atoms with Crippen LogP contribution in [0, 0.1) is 0 Å². The minimum absolute atomic E-state index is 0.216. The van der Waals surface area contributed by atoms with E-state index in [1.807, 2.05) is 68.4 Å². The molecule has 4 rings (SSSR count). The van der Waals surface area contributed by atoms with Gasteiger partial charge >= 0.3 is 6.03 Å². The van der Waals surface area contributed by atoms with E-state index in [1.165, 1.54) is 0 Å². The Labute approximate surface area is 181 Å². The van der Waals surface area contributed by atoms with Gasteiger partial charge in [-0.25, -0.2) is 4.79 Å². The summed E-state index contributed by atoms with van der Waals surface area (Å²) >= 11 is 0. The van der Waals surface area contributed by atoms with Gasteiger partial charge in [-0.05, 0) is 48.4 Å². The maximum atomic E-state index is 13.5. The summed E-state index contributed by atoms with van der Waals surface area (Å²) in [7, 11) is 1.56. The highest BCUT2D eigenvalue weighted by molar-refractivity contribution is 6.07. The highest BCUT2D eigenvalue weighted by Gasteiger charge is 2.35. The molecule has 0 spiro atoms. The minimum atomic E-state index is -0.561. The molecule has 0 saturated carbocycles. The van der Waals surface area contributed by atoms with Gasteiger partial charge in [0.15, 0.2) is 0 Å². The fraction of sp³-hybridized carbons (Fsp3) is 0.200. The number of urea groups is 1. The van der Waals surface area contributed by atoms with Crippen LogP contribution >= 0.6 is 0 Å². The SMILES string of the molecule is CCN1C(=O)N[C@@H](c2ccc3ccccc3c2)C(C(=O)Nc2ccccc2OC)=C1C. The third-order valence-corrected chi connectivity index (χ3v) is 5.62. The monoisotopic (exact) mass is 415 g/mol. The molecule has 1 heterocycles. The van der Waals surface area contributed by atoms with E-state index in [0.29, 0.717) is 29.3 Å². The Balaban J connectivity index is 1.78. The number of hydrogen-bond donors (Lipinski definition) is 2. The normalized spacial score (nSPS) is 16.3. The predicted octanol–water partition coefficient (Wildman–Crippen LogP) is 4.85. The van der Waals surface area contributed by atoms with E-state index >= 15 is 0 Å². The summed E-state index contributed by atoms with van der Waals surface area (Å²) in [5, 5.41) is 8.12. The molecule has 0 saturated heterocycles. The van der Waals surface area contributed by atoms with Crippen LogP contribution in [0.15, 0.2) is 78.0 Å². The summed E-state index contributed by atoms with van der Waals surface area (Å²) in [5.74, 6) is 0.294. The van der Waals surface area contributed by atoms with Crippen molar-refractivity contribution < 1.29 is 14.3 Å². The molecule has 6 nitrogen and oxygen atoms in total. The Kier molecular flexibility index (Phi) is 5.62. The first-order chi connectivity index (χ1) is 15.0. The largest absolute Gasteiger partial charge is 0.495 e. The van der Waals surface area contributed by atoms with Crippen LogP contribution in [-0.2, 0) is 4.79 Å². The van der Waals surface area contributed by atoms with E-state index in [1.54, 1.807) is 24.1 Å². The average molecular weight is 415 g/mol.